The highest BCUT2D eigenvalue weighted by molar-refractivity contribution is 5.55. The molecule has 1 aromatic carbocycles. The zero-order valence-electron chi connectivity index (χ0n) is 12.6. The number of aliphatic hydroxyl groups excluding tert-OH is 1. The second-order valence-electron chi connectivity index (χ2n) is 4.94. The van der Waals surface area contributed by atoms with E-state index >= 15 is 0 Å². The minimum absolute atomic E-state index is 0.101. The first kappa shape index (κ1) is 16.0. The SMILES string of the molecule is CCC(CC)N(CCOC)c1ccc(CO)cc1C. The van der Waals surface area contributed by atoms with Crippen molar-refractivity contribution in [1.82, 2.24) is 0 Å². The Hall–Kier alpha value is -1.06. The Morgan fingerprint density at radius 1 is 1.26 bits per heavy atom. The summed E-state index contributed by atoms with van der Waals surface area (Å²) in [6.07, 6.45) is 2.25. The lowest BCUT2D eigenvalue weighted by molar-refractivity contribution is 0.202. The molecule has 1 aromatic rings. The lowest BCUT2D eigenvalue weighted by Gasteiger charge is -2.34. The lowest BCUT2D eigenvalue weighted by atomic mass is 10.0. The maximum Gasteiger partial charge on any atom is 0.0681 e. The Labute approximate surface area is 117 Å². The van der Waals surface area contributed by atoms with Crippen LogP contribution in [-0.4, -0.2) is 31.4 Å². The van der Waals surface area contributed by atoms with Gasteiger partial charge in [-0.2, -0.15) is 0 Å². The Bertz CT molecular complexity index is 375. The molecule has 0 aromatic heterocycles. The summed E-state index contributed by atoms with van der Waals surface area (Å²) in [5, 5.41) is 9.20. The van der Waals surface area contributed by atoms with Crippen molar-refractivity contribution in [2.75, 3.05) is 25.2 Å². The van der Waals surface area contributed by atoms with Crippen LogP contribution in [0.1, 0.15) is 37.8 Å². The Kier molecular flexibility index (Phi) is 6.89. The van der Waals surface area contributed by atoms with Crippen LogP contribution < -0.4 is 4.90 Å². The summed E-state index contributed by atoms with van der Waals surface area (Å²) in [6, 6.07) is 6.73. The van der Waals surface area contributed by atoms with Crippen LogP contribution in [0.3, 0.4) is 0 Å². The molecule has 108 valence electrons. The number of benzene rings is 1. The molecule has 0 amide bonds. The first-order valence-corrected chi connectivity index (χ1v) is 7.13. The molecule has 0 atom stereocenters. The van der Waals surface area contributed by atoms with E-state index in [1.165, 1.54) is 11.3 Å². The molecular formula is C16H27NO2. The Morgan fingerprint density at radius 2 is 1.95 bits per heavy atom. The minimum Gasteiger partial charge on any atom is -0.392 e. The van der Waals surface area contributed by atoms with Gasteiger partial charge in [0.15, 0.2) is 0 Å². The normalized spacial score (nSPS) is 11.1. The molecule has 0 radical (unpaired) electrons. The molecule has 0 aliphatic rings. The Morgan fingerprint density at radius 3 is 2.42 bits per heavy atom. The first-order chi connectivity index (χ1) is 9.17. The van der Waals surface area contributed by atoms with E-state index < -0.39 is 0 Å². The van der Waals surface area contributed by atoms with E-state index in [1.807, 2.05) is 6.07 Å². The summed E-state index contributed by atoms with van der Waals surface area (Å²) in [4.78, 5) is 2.43. The third kappa shape index (κ3) is 4.22. The molecule has 0 saturated heterocycles. The maximum atomic E-state index is 9.20. The fourth-order valence-electron chi connectivity index (χ4n) is 2.56. The average Bonchev–Trinajstić information content (AvgIpc) is 2.44. The molecule has 0 aliphatic heterocycles. The molecule has 3 nitrogen and oxygen atoms in total. The van der Waals surface area contributed by atoms with E-state index in [9.17, 15) is 5.11 Å². The molecule has 1 rings (SSSR count). The van der Waals surface area contributed by atoms with Crippen molar-refractivity contribution in [3.63, 3.8) is 0 Å². The highest BCUT2D eigenvalue weighted by Gasteiger charge is 2.17. The van der Waals surface area contributed by atoms with E-state index in [0.717, 1.165) is 31.6 Å². The zero-order chi connectivity index (χ0) is 14.3. The number of nitrogens with zero attached hydrogens (tertiary/aromatic N) is 1. The monoisotopic (exact) mass is 265 g/mol. The highest BCUT2D eigenvalue weighted by atomic mass is 16.5. The molecular weight excluding hydrogens is 238 g/mol. The van der Waals surface area contributed by atoms with Crippen LogP contribution in [0.4, 0.5) is 5.69 Å². The van der Waals surface area contributed by atoms with Crippen LogP contribution in [0.25, 0.3) is 0 Å². The van der Waals surface area contributed by atoms with Gasteiger partial charge >= 0.3 is 0 Å². The number of anilines is 1. The van der Waals surface area contributed by atoms with Crippen LogP contribution in [0, 0.1) is 6.92 Å². The fraction of sp³-hybridized carbons (Fsp3) is 0.625. The number of hydrogen-bond acceptors (Lipinski definition) is 3. The van der Waals surface area contributed by atoms with Gasteiger partial charge < -0.3 is 14.7 Å². The molecule has 0 spiro atoms. The van der Waals surface area contributed by atoms with Gasteiger partial charge in [-0.05, 0) is 37.0 Å². The van der Waals surface area contributed by atoms with Crippen LogP contribution in [-0.2, 0) is 11.3 Å². The van der Waals surface area contributed by atoms with Crippen molar-refractivity contribution in [3.8, 4) is 0 Å². The van der Waals surface area contributed by atoms with Crippen molar-refractivity contribution in [1.29, 1.82) is 0 Å². The van der Waals surface area contributed by atoms with E-state index in [-0.39, 0.29) is 6.61 Å². The van der Waals surface area contributed by atoms with E-state index in [0.29, 0.717) is 6.04 Å². The van der Waals surface area contributed by atoms with Gasteiger partial charge in [-0.3, -0.25) is 0 Å². The highest BCUT2D eigenvalue weighted by Crippen LogP contribution is 2.25. The molecule has 0 unspecified atom stereocenters. The molecule has 0 bridgehead atoms. The van der Waals surface area contributed by atoms with Gasteiger partial charge in [0.1, 0.15) is 0 Å². The third-order valence-electron chi connectivity index (χ3n) is 3.67. The molecule has 1 N–H and O–H groups in total. The van der Waals surface area contributed by atoms with Gasteiger partial charge in [-0.1, -0.05) is 26.0 Å². The van der Waals surface area contributed by atoms with Gasteiger partial charge in [-0.15, -0.1) is 0 Å². The smallest absolute Gasteiger partial charge is 0.0681 e. The molecule has 19 heavy (non-hydrogen) atoms. The molecule has 0 heterocycles. The second kappa shape index (κ2) is 8.18. The van der Waals surface area contributed by atoms with Crippen LogP contribution in [0.15, 0.2) is 18.2 Å². The number of aryl methyl sites for hydroxylation is 1. The van der Waals surface area contributed by atoms with Crippen LogP contribution in [0.2, 0.25) is 0 Å². The van der Waals surface area contributed by atoms with Crippen molar-refractivity contribution in [2.45, 2.75) is 46.3 Å². The van der Waals surface area contributed by atoms with Gasteiger partial charge in [0.05, 0.1) is 13.2 Å². The maximum absolute atomic E-state index is 9.20. The Balaban J connectivity index is 3.01. The van der Waals surface area contributed by atoms with Crippen molar-refractivity contribution >= 4 is 5.69 Å². The first-order valence-electron chi connectivity index (χ1n) is 7.13. The molecule has 0 saturated carbocycles. The van der Waals surface area contributed by atoms with Crippen molar-refractivity contribution in [2.24, 2.45) is 0 Å². The van der Waals surface area contributed by atoms with Gasteiger partial charge in [-0.25, -0.2) is 0 Å². The van der Waals surface area contributed by atoms with Gasteiger partial charge in [0.25, 0.3) is 0 Å². The van der Waals surface area contributed by atoms with Crippen molar-refractivity contribution in [3.05, 3.63) is 29.3 Å². The van der Waals surface area contributed by atoms with Crippen molar-refractivity contribution < 1.29 is 9.84 Å². The summed E-state index contributed by atoms with van der Waals surface area (Å²) in [6.45, 7) is 8.30. The summed E-state index contributed by atoms with van der Waals surface area (Å²) >= 11 is 0. The largest absolute Gasteiger partial charge is 0.392 e. The number of methoxy groups -OCH3 is 1. The lowest BCUT2D eigenvalue weighted by Crippen LogP contribution is -2.37. The second-order valence-corrected chi connectivity index (χ2v) is 4.94. The predicted octanol–water partition coefficient (Wildman–Crippen LogP) is 3.13. The summed E-state index contributed by atoms with van der Waals surface area (Å²) in [5.74, 6) is 0. The zero-order valence-corrected chi connectivity index (χ0v) is 12.6. The van der Waals surface area contributed by atoms with Crippen LogP contribution >= 0.6 is 0 Å². The third-order valence-corrected chi connectivity index (χ3v) is 3.67. The molecule has 0 aliphatic carbocycles. The molecule has 0 fully saturated rings. The minimum atomic E-state index is 0.101. The van der Waals surface area contributed by atoms with Gasteiger partial charge in [0, 0.05) is 25.4 Å². The average molecular weight is 265 g/mol. The quantitative estimate of drug-likeness (QED) is 0.784. The van der Waals surface area contributed by atoms with E-state index in [4.69, 9.17) is 4.74 Å². The predicted molar refractivity (Wildman–Crippen MR) is 80.7 cm³/mol. The number of hydrogen-bond donors (Lipinski definition) is 1. The summed E-state index contributed by atoms with van der Waals surface area (Å²) in [7, 11) is 1.74. The standard InChI is InChI=1S/C16H27NO2/c1-5-15(6-2)17(9-10-19-4)16-8-7-14(12-18)11-13(16)3/h7-8,11,15,18H,5-6,9-10,12H2,1-4H3. The van der Waals surface area contributed by atoms with E-state index in [2.05, 4.69) is 37.8 Å². The topological polar surface area (TPSA) is 32.7 Å². The summed E-state index contributed by atoms with van der Waals surface area (Å²) in [5.41, 5.74) is 3.44. The van der Waals surface area contributed by atoms with Crippen LogP contribution in [0.5, 0.6) is 0 Å². The van der Waals surface area contributed by atoms with Gasteiger partial charge in [0.2, 0.25) is 0 Å². The summed E-state index contributed by atoms with van der Waals surface area (Å²) < 4.78 is 5.24. The number of ether oxygens (including phenoxy) is 1. The fourth-order valence-corrected chi connectivity index (χ4v) is 2.56. The molecule has 3 heteroatoms. The number of rotatable bonds is 8. The number of aliphatic hydroxyl groups is 1. The van der Waals surface area contributed by atoms with E-state index in [1.54, 1.807) is 7.11 Å².